The van der Waals surface area contributed by atoms with Gasteiger partial charge in [0, 0.05) is 5.92 Å². The van der Waals surface area contributed by atoms with E-state index in [-0.39, 0.29) is 0 Å². The lowest BCUT2D eigenvalue weighted by atomic mass is 9.86. The first-order valence-electron chi connectivity index (χ1n) is 5.67. The molecule has 0 bridgehead atoms. The third-order valence-corrected chi connectivity index (χ3v) is 2.95. The minimum absolute atomic E-state index is 0.389. The number of aryl methyl sites for hydroxylation is 1. The van der Waals surface area contributed by atoms with Gasteiger partial charge in [0.25, 0.3) is 0 Å². The molecule has 0 N–H and O–H groups in total. The van der Waals surface area contributed by atoms with Gasteiger partial charge in [-0.3, -0.25) is 0 Å². The molecule has 1 aromatic carbocycles. The van der Waals surface area contributed by atoms with E-state index in [0.29, 0.717) is 11.8 Å². The molecule has 15 heavy (non-hydrogen) atoms. The molecule has 0 aromatic heterocycles. The second-order valence-electron chi connectivity index (χ2n) is 4.17. The summed E-state index contributed by atoms with van der Waals surface area (Å²) in [5.41, 5.74) is 2.66. The highest BCUT2D eigenvalue weighted by Gasteiger charge is 2.14. The SMILES string of the molecule is CC#CC(c1ccc(C)cc1)C(C)CC. The average molecular weight is 200 g/mol. The van der Waals surface area contributed by atoms with E-state index in [0.717, 1.165) is 0 Å². The number of rotatable bonds is 3. The fraction of sp³-hybridized carbons (Fsp3) is 0.467. The van der Waals surface area contributed by atoms with Crippen LogP contribution in [0.2, 0.25) is 0 Å². The maximum atomic E-state index is 3.32. The Kier molecular flexibility index (Phi) is 4.43. The Balaban J connectivity index is 2.97. The van der Waals surface area contributed by atoms with Crippen molar-refractivity contribution < 1.29 is 0 Å². The lowest BCUT2D eigenvalue weighted by Gasteiger charge is -2.18. The summed E-state index contributed by atoms with van der Waals surface area (Å²) in [6.07, 6.45) is 1.17. The minimum atomic E-state index is 0.389. The molecule has 0 amide bonds. The molecular weight excluding hydrogens is 180 g/mol. The standard InChI is InChI=1S/C15H20/c1-5-7-15(13(4)6-2)14-10-8-12(3)9-11-14/h8-11,13,15H,6H2,1-4H3. The van der Waals surface area contributed by atoms with Crippen LogP contribution in [0.4, 0.5) is 0 Å². The summed E-state index contributed by atoms with van der Waals surface area (Å²) >= 11 is 0. The predicted molar refractivity (Wildman–Crippen MR) is 66.8 cm³/mol. The first-order chi connectivity index (χ1) is 7.19. The van der Waals surface area contributed by atoms with Crippen molar-refractivity contribution in [3.8, 4) is 11.8 Å². The first kappa shape index (κ1) is 11.9. The monoisotopic (exact) mass is 200 g/mol. The molecule has 0 fully saturated rings. The van der Waals surface area contributed by atoms with Crippen LogP contribution in [0.5, 0.6) is 0 Å². The second-order valence-corrected chi connectivity index (χ2v) is 4.17. The quantitative estimate of drug-likeness (QED) is 0.643. The van der Waals surface area contributed by atoms with Gasteiger partial charge in [-0.1, -0.05) is 56.0 Å². The fourth-order valence-corrected chi connectivity index (χ4v) is 1.72. The third-order valence-electron chi connectivity index (χ3n) is 2.95. The van der Waals surface area contributed by atoms with Crippen LogP contribution in [0.25, 0.3) is 0 Å². The van der Waals surface area contributed by atoms with Gasteiger partial charge in [-0.15, -0.1) is 5.92 Å². The maximum Gasteiger partial charge on any atom is 0.0477 e. The summed E-state index contributed by atoms with van der Waals surface area (Å²) < 4.78 is 0. The summed E-state index contributed by atoms with van der Waals surface area (Å²) in [5.74, 6) is 7.38. The number of benzene rings is 1. The van der Waals surface area contributed by atoms with Crippen molar-refractivity contribution in [2.24, 2.45) is 5.92 Å². The molecule has 0 nitrogen and oxygen atoms in total. The van der Waals surface area contributed by atoms with Gasteiger partial charge in [0.05, 0.1) is 0 Å². The molecule has 0 heterocycles. The minimum Gasteiger partial charge on any atom is -0.106 e. The van der Waals surface area contributed by atoms with Crippen molar-refractivity contribution in [1.82, 2.24) is 0 Å². The Bertz CT molecular complexity index is 348. The normalized spacial score (nSPS) is 13.9. The zero-order valence-corrected chi connectivity index (χ0v) is 10.2. The smallest absolute Gasteiger partial charge is 0.0477 e. The summed E-state index contributed by atoms with van der Waals surface area (Å²) in [4.78, 5) is 0. The summed E-state index contributed by atoms with van der Waals surface area (Å²) in [6, 6.07) is 8.75. The highest BCUT2D eigenvalue weighted by atomic mass is 14.2. The van der Waals surface area contributed by atoms with E-state index in [1.165, 1.54) is 17.5 Å². The summed E-state index contributed by atoms with van der Waals surface area (Å²) in [5, 5.41) is 0. The van der Waals surface area contributed by atoms with Crippen LogP contribution in [0, 0.1) is 24.7 Å². The molecule has 0 spiro atoms. The lowest BCUT2D eigenvalue weighted by Crippen LogP contribution is -2.06. The lowest BCUT2D eigenvalue weighted by molar-refractivity contribution is 0.518. The van der Waals surface area contributed by atoms with E-state index in [4.69, 9.17) is 0 Å². The van der Waals surface area contributed by atoms with Crippen LogP contribution in [0.3, 0.4) is 0 Å². The highest BCUT2D eigenvalue weighted by Crippen LogP contribution is 2.26. The molecule has 0 aliphatic carbocycles. The fourth-order valence-electron chi connectivity index (χ4n) is 1.72. The molecule has 2 atom stereocenters. The highest BCUT2D eigenvalue weighted by molar-refractivity contribution is 5.30. The average Bonchev–Trinajstić information content (AvgIpc) is 2.26. The van der Waals surface area contributed by atoms with Crippen LogP contribution in [0.1, 0.15) is 44.2 Å². The van der Waals surface area contributed by atoms with E-state index < -0.39 is 0 Å². The van der Waals surface area contributed by atoms with Gasteiger partial charge >= 0.3 is 0 Å². The Hall–Kier alpha value is -1.22. The molecule has 1 aromatic rings. The van der Waals surface area contributed by atoms with Crippen LogP contribution in [-0.2, 0) is 0 Å². The molecule has 80 valence electrons. The van der Waals surface area contributed by atoms with Gasteiger partial charge in [0.15, 0.2) is 0 Å². The molecule has 1 rings (SSSR count). The zero-order chi connectivity index (χ0) is 11.3. The van der Waals surface area contributed by atoms with E-state index >= 15 is 0 Å². The van der Waals surface area contributed by atoms with Gasteiger partial charge in [-0.05, 0) is 25.3 Å². The predicted octanol–water partition coefficient (Wildman–Crippen LogP) is 4.15. The van der Waals surface area contributed by atoms with E-state index in [2.05, 4.69) is 56.9 Å². The Morgan fingerprint density at radius 3 is 2.27 bits per heavy atom. The van der Waals surface area contributed by atoms with Crippen molar-refractivity contribution in [2.75, 3.05) is 0 Å². The van der Waals surface area contributed by atoms with E-state index in [9.17, 15) is 0 Å². The summed E-state index contributed by atoms with van der Waals surface area (Å²) in [7, 11) is 0. The van der Waals surface area contributed by atoms with Crippen molar-refractivity contribution in [1.29, 1.82) is 0 Å². The molecule has 0 aliphatic heterocycles. The molecular formula is C15H20. The van der Waals surface area contributed by atoms with E-state index in [1.807, 2.05) is 6.92 Å². The maximum absolute atomic E-state index is 3.32. The molecule has 0 heteroatoms. The van der Waals surface area contributed by atoms with Crippen LogP contribution < -0.4 is 0 Å². The number of hydrogen-bond donors (Lipinski definition) is 0. The van der Waals surface area contributed by atoms with Crippen molar-refractivity contribution in [3.63, 3.8) is 0 Å². The summed E-state index contributed by atoms with van der Waals surface area (Å²) in [6.45, 7) is 8.54. The number of hydrogen-bond acceptors (Lipinski definition) is 0. The van der Waals surface area contributed by atoms with Gasteiger partial charge in [-0.2, -0.15) is 0 Å². The molecule has 0 radical (unpaired) electrons. The molecule has 0 saturated heterocycles. The Morgan fingerprint density at radius 1 is 1.20 bits per heavy atom. The first-order valence-corrected chi connectivity index (χ1v) is 5.67. The van der Waals surface area contributed by atoms with Gasteiger partial charge in [-0.25, -0.2) is 0 Å². The Morgan fingerprint density at radius 2 is 1.80 bits per heavy atom. The topological polar surface area (TPSA) is 0 Å². The van der Waals surface area contributed by atoms with Crippen LogP contribution in [-0.4, -0.2) is 0 Å². The van der Waals surface area contributed by atoms with Crippen molar-refractivity contribution in [3.05, 3.63) is 35.4 Å². The van der Waals surface area contributed by atoms with Crippen molar-refractivity contribution >= 4 is 0 Å². The van der Waals surface area contributed by atoms with Gasteiger partial charge in [0.2, 0.25) is 0 Å². The van der Waals surface area contributed by atoms with Gasteiger partial charge < -0.3 is 0 Å². The molecule has 2 unspecified atom stereocenters. The zero-order valence-electron chi connectivity index (χ0n) is 10.2. The van der Waals surface area contributed by atoms with Crippen LogP contribution in [0.15, 0.2) is 24.3 Å². The third kappa shape index (κ3) is 3.13. The Labute approximate surface area is 93.7 Å². The van der Waals surface area contributed by atoms with Crippen molar-refractivity contribution in [2.45, 2.75) is 40.0 Å². The van der Waals surface area contributed by atoms with E-state index in [1.54, 1.807) is 0 Å². The largest absolute Gasteiger partial charge is 0.106 e. The van der Waals surface area contributed by atoms with Crippen LogP contribution >= 0.6 is 0 Å². The second kappa shape index (κ2) is 5.61. The molecule has 0 aliphatic rings. The van der Waals surface area contributed by atoms with Gasteiger partial charge in [0.1, 0.15) is 0 Å². The molecule has 0 saturated carbocycles.